The maximum absolute atomic E-state index is 10.3. The molecule has 1 atom stereocenters. The normalized spacial score (nSPS) is 12.6. The maximum Gasteiger partial charge on any atom is 0.332 e. The number of carbonyl (C=O) groups is 2. The van der Waals surface area contributed by atoms with Crippen molar-refractivity contribution in [2.75, 3.05) is 0 Å². The molecule has 4 heteroatoms. The number of aliphatic carboxylic acids is 1. The van der Waals surface area contributed by atoms with Crippen molar-refractivity contribution in [1.29, 1.82) is 0 Å². The molecule has 0 aromatic rings. The van der Waals surface area contributed by atoms with Gasteiger partial charge in [0.15, 0.2) is 6.10 Å². The number of hydrogen-bond acceptors (Lipinski definition) is 3. The van der Waals surface area contributed by atoms with Gasteiger partial charge in [-0.15, -0.1) is 0 Å². The highest BCUT2D eigenvalue weighted by Gasteiger charge is 2.12. The van der Waals surface area contributed by atoms with Crippen molar-refractivity contribution in [3.8, 4) is 0 Å². The summed E-state index contributed by atoms with van der Waals surface area (Å²) in [6, 6.07) is 0. The number of ketones is 1. The Hall–Kier alpha value is -0.900. The lowest BCUT2D eigenvalue weighted by molar-refractivity contribution is -0.147. The van der Waals surface area contributed by atoms with E-state index >= 15 is 0 Å². The molecule has 0 aromatic carbocycles. The van der Waals surface area contributed by atoms with E-state index in [1.807, 2.05) is 0 Å². The molecule has 0 amide bonds. The van der Waals surface area contributed by atoms with Crippen LogP contribution in [0.15, 0.2) is 0 Å². The van der Waals surface area contributed by atoms with Gasteiger partial charge in [-0.05, 0) is 13.3 Å². The molecule has 0 heterocycles. The van der Waals surface area contributed by atoms with Crippen LogP contribution in [0.5, 0.6) is 0 Å². The van der Waals surface area contributed by atoms with Crippen LogP contribution in [0, 0.1) is 0 Å². The number of rotatable bonds is 4. The van der Waals surface area contributed by atoms with E-state index < -0.39 is 12.1 Å². The van der Waals surface area contributed by atoms with Crippen LogP contribution in [0.3, 0.4) is 0 Å². The summed E-state index contributed by atoms with van der Waals surface area (Å²) in [5.74, 6) is -1.39. The zero-order valence-electron chi connectivity index (χ0n) is 5.70. The zero-order valence-corrected chi connectivity index (χ0v) is 5.70. The predicted octanol–water partition coefficient (Wildman–Crippen LogP) is -0.199. The highest BCUT2D eigenvalue weighted by molar-refractivity contribution is 5.77. The van der Waals surface area contributed by atoms with Gasteiger partial charge in [-0.3, -0.25) is 0 Å². The third-order valence-electron chi connectivity index (χ3n) is 1.05. The van der Waals surface area contributed by atoms with Gasteiger partial charge in [0.25, 0.3) is 0 Å². The Morgan fingerprint density at radius 1 is 1.50 bits per heavy atom. The SMILES string of the molecule is CC(=O)CC[C@H](O)C(=O)O. The van der Waals surface area contributed by atoms with Crippen molar-refractivity contribution in [3.05, 3.63) is 0 Å². The first-order chi connectivity index (χ1) is 4.54. The van der Waals surface area contributed by atoms with Crippen LogP contribution >= 0.6 is 0 Å². The fourth-order valence-corrected chi connectivity index (χ4v) is 0.463. The Kier molecular flexibility index (Phi) is 3.64. The number of Topliss-reactive ketones (excluding diaryl/α,β-unsaturated/α-hetero) is 1. The summed E-state index contributed by atoms with van der Waals surface area (Å²) in [7, 11) is 0. The van der Waals surface area contributed by atoms with E-state index in [1.165, 1.54) is 6.92 Å². The van der Waals surface area contributed by atoms with Gasteiger partial charge in [0.2, 0.25) is 0 Å². The van der Waals surface area contributed by atoms with Gasteiger partial charge in [0.1, 0.15) is 5.78 Å². The lowest BCUT2D eigenvalue weighted by Crippen LogP contribution is -2.19. The molecule has 0 aromatic heterocycles. The summed E-state index contributed by atoms with van der Waals surface area (Å²) in [5, 5.41) is 16.8. The van der Waals surface area contributed by atoms with Crippen molar-refractivity contribution in [2.24, 2.45) is 0 Å². The molecule has 58 valence electrons. The topological polar surface area (TPSA) is 74.6 Å². The Morgan fingerprint density at radius 2 is 2.00 bits per heavy atom. The molecular formula is C6H10O4. The van der Waals surface area contributed by atoms with Crippen LogP contribution in [0.2, 0.25) is 0 Å². The molecule has 0 aliphatic heterocycles. The zero-order chi connectivity index (χ0) is 8.15. The van der Waals surface area contributed by atoms with Gasteiger partial charge >= 0.3 is 5.97 Å². The van der Waals surface area contributed by atoms with Gasteiger partial charge < -0.3 is 15.0 Å². The third-order valence-corrected chi connectivity index (χ3v) is 1.05. The largest absolute Gasteiger partial charge is 0.479 e. The van der Waals surface area contributed by atoms with Crippen molar-refractivity contribution in [2.45, 2.75) is 25.9 Å². The van der Waals surface area contributed by atoms with E-state index in [0.29, 0.717) is 0 Å². The van der Waals surface area contributed by atoms with Crippen LogP contribution in [0.4, 0.5) is 0 Å². The fourth-order valence-electron chi connectivity index (χ4n) is 0.463. The molecule has 2 N–H and O–H groups in total. The summed E-state index contributed by atoms with van der Waals surface area (Å²) in [6.45, 7) is 1.36. The quantitative estimate of drug-likeness (QED) is 0.576. The standard InChI is InChI=1S/C6H10O4/c1-4(7)2-3-5(8)6(9)10/h5,8H,2-3H2,1H3,(H,9,10)/t5-/m0/s1. The van der Waals surface area contributed by atoms with E-state index in [9.17, 15) is 9.59 Å². The summed E-state index contributed by atoms with van der Waals surface area (Å²) in [5.41, 5.74) is 0. The minimum absolute atomic E-state index is 0.00463. The van der Waals surface area contributed by atoms with E-state index in [1.54, 1.807) is 0 Å². The van der Waals surface area contributed by atoms with Gasteiger partial charge in [0, 0.05) is 6.42 Å². The summed E-state index contributed by atoms with van der Waals surface area (Å²) in [6.07, 6.45) is -1.28. The molecule has 0 aliphatic carbocycles. The molecule has 4 nitrogen and oxygen atoms in total. The summed E-state index contributed by atoms with van der Waals surface area (Å²) in [4.78, 5) is 20.2. The molecule has 0 unspecified atom stereocenters. The molecule has 0 rings (SSSR count). The monoisotopic (exact) mass is 146 g/mol. The lowest BCUT2D eigenvalue weighted by Gasteiger charge is -2.00. The number of carboxylic acid groups (broad SMARTS) is 1. The highest BCUT2D eigenvalue weighted by atomic mass is 16.4. The first kappa shape index (κ1) is 9.10. The van der Waals surface area contributed by atoms with Crippen LogP contribution in [0.25, 0.3) is 0 Å². The number of hydrogen-bond donors (Lipinski definition) is 2. The van der Waals surface area contributed by atoms with Crippen LogP contribution in [-0.4, -0.2) is 28.1 Å². The molecule has 0 fully saturated rings. The molecule has 0 saturated heterocycles. The van der Waals surface area contributed by atoms with Gasteiger partial charge in [-0.1, -0.05) is 0 Å². The minimum atomic E-state index is -1.40. The van der Waals surface area contributed by atoms with E-state index in [4.69, 9.17) is 10.2 Å². The molecule has 0 aliphatic rings. The number of carbonyl (C=O) groups excluding carboxylic acids is 1. The second-order valence-corrected chi connectivity index (χ2v) is 2.09. The number of carboxylic acids is 1. The van der Waals surface area contributed by atoms with Gasteiger partial charge in [0.05, 0.1) is 0 Å². The fraction of sp³-hybridized carbons (Fsp3) is 0.667. The Morgan fingerprint density at radius 3 is 2.30 bits per heavy atom. The van der Waals surface area contributed by atoms with Crippen molar-refractivity contribution >= 4 is 11.8 Å². The maximum atomic E-state index is 10.3. The van der Waals surface area contributed by atoms with Crippen LogP contribution in [0.1, 0.15) is 19.8 Å². The van der Waals surface area contributed by atoms with E-state index in [0.717, 1.165) is 0 Å². The molecule has 0 saturated carbocycles. The molecule has 0 spiro atoms. The highest BCUT2D eigenvalue weighted by Crippen LogP contribution is 1.96. The van der Waals surface area contributed by atoms with Crippen molar-refractivity contribution in [1.82, 2.24) is 0 Å². The first-order valence-corrected chi connectivity index (χ1v) is 2.94. The second-order valence-electron chi connectivity index (χ2n) is 2.09. The molecular weight excluding hydrogens is 136 g/mol. The number of aliphatic hydroxyl groups excluding tert-OH is 1. The van der Waals surface area contributed by atoms with Gasteiger partial charge in [-0.2, -0.15) is 0 Å². The minimum Gasteiger partial charge on any atom is -0.479 e. The smallest absolute Gasteiger partial charge is 0.332 e. The molecule has 0 bridgehead atoms. The van der Waals surface area contributed by atoms with Crippen molar-refractivity contribution in [3.63, 3.8) is 0 Å². The van der Waals surface area contributed by atoms with E-state index in [2.05, 4.69) is 0 Å². The number of aliphatic hydroxyl groups is 1. The molecule has 0 radical (unpaired) electrons. The van der Waals surface area contributed by atoms with Crippen LogP contribution in [-0.2, 0) is 9.59 Å². The van der Waals surface area contributed by atoms with Crippen molar-refractivity contribution < 1.29 is 19.8 Å². The second kappa shape index (κ2) is 4.00. The first-order valence-electron chi connectivity index (χ1n) is 2.94. The Labute approximate surface area is 58.5 Å². The summed E-state index contributed by atoms with van der Waals surface area (Å²) >= 11 is 0. The average Bonchev–Trinajstić information content (AvgIpc) is 1.82. The Balaban J connectivity index is 3.49. The predicted molar refractivity (Wildman–Crippen MR) is 33.6 cm³/mol. The van der Waals surface area contributed by atoms with E-state index in [-0.39, 0.29) is 18.6 Å². The van der Waals surface area contributed by atoms with Gasteiger partial charge in [-0.25, -0.2) is 4.79 Å². The summed E-state index contributed by atoms with van der Waals surface area (Å²) < 4.78 is 0. The molecule has 10 heavy (non-hydrogen) atoms. The third kappa shape index (κ3) is 4.03. The Bertz CT molecular complexity index is 141. The van der Waals surface area contributed by atoms with Crippen LogP contribution < -0.4 is 0 Å². The lowest BCUT2D eigenvalue weighted by atomic mass is 10.1. The average molecular weight is 146 g/mol.